The van der Waals surface area contributed by atoms with Gasteiger partial charge in [-0.2, -0.15) is 10.2 Å². The number of H-pyrrole nitrogens is 1. The van der Waals surface area contributed by atoms with Crippen molar-refractivity contribution in [3.05, 3.63) is 65.9 Å². The van der Waals surface area contributed by atoms with Gasteiger partial charge in [-0.3, -0.25) is 14.7 Å². The third kappa shape index (κ3) is 4.46. The minimum atomic E-state index is -0.457. The molecular formula is C21H19N5O4. The highest BCUT2D eigenvalue weighted by molar-refractivity contribution is 5.97. The summed E-state index contributed by atoms with van der Waals surface area (Å²) in [5.74, 6) is 0.255. The Morgan fingerprint density at radius 2 is 1.90 bits per heavy atom. The van der Waals surface area contributed by atoms with E-state index in [-0.39, 0.29) is 6.54 Å². The molecule has 9 nitrogen and oxygen atoms in total. The second kappa shape index (κ2) is 8.91. The summed E-state index contributed by atoms with van der Waals surface area (Å²) in [7, 11) is 0. The minimum absolute atomic E-state index is 0.221. The average Bonchev–Trinajstić information content (AvgIpc) is 3.26. The Hall–Kier alpha value is -4.14. The summed E-state index contributed by atoms with van der Waals surface area (Å²) in [6, 6.07) is 14.5. The van der Waals surface area contributed by atoms with Crippen molar-refractivity contribution in [2.75, 3.05) is 19.8 Å². The van der Waals surface area contributed by atoms with Crippen molar-refractivity contribution in [1.29, 1.82) is 0 Å². The van der Waals surface area contributed by atoms with Gasteiger partial charge in [0.1, 0.15) is 13.2 Å². The fourth-order valence-corrected chi connectivity index (χ4v) is 2.89. The van der Waals surface area contributed by atoms with Crippen LogP contribution in [0.1, 0.15) is 15.9 Å². The van der Waals surface area contributed by atoms with Crippen molar-refractivity contribution in [2.24, 2.45) is 5.10 Å². The third-order valence-electron chi connectivity index (χ3n) is 4.34. The SMILES string of the molecule is O=C(CNC(=O)c1ccc2c(c1)OCCO2)NN=Cc1cn[nH]c1-c1ccccc1. The van der Waals surface area contributed by atoms with E-state index >= 15 is 0 Å². The van der Waals surface area contributed by atoms with E-state index in [0.29, 0.717) is 30.3 Å². The Morgan fingerprint density at radius 1 is 1.10 bits per heavy atom. The maximum Gasteiger partial charge on any atom is 0.259 e. The Bertz CT molecular complexity index is 1080. The van der Waals surface area contributed by atoms with Crippen molar-refractivity contribution in [3.8, 4) is 22.8 Å². The van der Waals surface area contributed by atoms with Gasteiger partial charge in [-0.25, -0.2) is 5.43 Å². The smallest absolute Gasteiger partial charge is 0.259 e. The van der Waals surface area contributed by atoms with Crippen molar-refractivity contribution < 1.29 is 19.1 Å². The third-order valence-corrected chi connectivity index (χ3v) is 4.34. The number of fused-ring (bicyclic) bond motifs is 1. The summed E-state index contributed by atoms with van der Waals surface area (Å²) in [5, 5.41) is 13.4. The Balaban J connectivity index is 1.30. The number of ether oxygens (including phenoxy) is 2. The largest absolute Gasteiger partial charge is 0.486 e. The molecular weight excluding hydrogens is 386 g/mol. The van der Waals surface area contributed by atoms with Crippen LogP contribution in [0.5, 0.6) is 11.5 Å². The molecule has 1 aliphatic heterocycles. The molecule has 4 rings (SSSR count). The van der Waals surface area contributed by atoms with Crippen LogP contribution in [0, 0.1) is 0 Å². The number of aromatic amines is 1. The Labute approximate surface area is 172 Å². The molecule has 30 heavy (non-hydrogen) atoms. The predicted octanol–water partition coefficient (Wildman–Crippen LogP) is 1.73. The zero-order valence-electron chi connectivity index (χ0n) is 15.9. The van der Waals surface area contributed by atoms with Crippen LogP contribution in [-0.2, 0) is 4.79 Å². The van der Waals surface area contributed by atoms with Gasteiger partial charge in [-0.1, -0.05) is 30.3 Å². The van der Waals surface area contributed by atoms with Crippen molar-refractivity contribution in [2.45, 2.75) is 0 Å². The number of hydrogen-bond acceptors (Lipinski definition) is 6. The van der Waals surface area contributed by atoms with E-state index < -0.39 is 11.8 Å². The zero-order valence-corrected chi connectivity index (χ0v) is 15.9. The summed E-state index contributed by atoms with van der Waals surface area (Å²) in [6.45, 7) is 0.688. The lowest BCUT2D eigenvalue weighted by Crippen LogP contribution is -2.35. The lowest BCUT2D eigenvalue weighted by molar-refractivity contribution is -0.120. The normalized spacial score (nSPS) is 12.5. The average molecular weight is 405 g/mol. The molecule has 1 aliphatic rings. The molecule has 0 spiro atoms. The highest BCUT2D eigenvalue weighted by atomic mass is 16.6. The number of aromatic nitrogens is 2. The zero-order chi connectivity index (χ0) is 20.8. The first-order chi connectivity index (χ1) is 14.7. The van der Waals surface area contributed by atoms with Crippen molar-refractivity contribution in [3.63, 3.8) is 0 Å². The molecule has 0 atom stereocenters. The van der Waals surface area contributed by atoms with Crippen LogP contribution in [-0.4, -0.2) is 48.0 Å². The molecule has 0 aliphatic carbocycles. The van der Waals surface area contributed by atoms with E-state index in [2.05, 4.69) is 26.0 Å². The molecule has 2 aromatic carbocycles. The van der Waals surface area contributed by atoms with E-state index in [1.54, 1.807) is 24.4 Å². The first kappa shape index (κ1) is 19.2. The van der Waals surface area contributed by atoms with E-state index in [4.69, 9.17) is 9.47 Å². The van der Waals surface area contributed by atoms with E-state index in [1.165, 1.54) is 6.21 Å². The predicted molar refractivity (Wildman–Crippen MR) is 110 cm³/mol. The molecule has 3 N–H and O–H groups in total. The van der Waals surface area contributed by atoms with Crippen LogP contribution in [0.4, 0.5) is 0 Å². The molecule has 0 unspecified atom stereocenters. The number of carbonyl (C=O) groups is 2. The summed E-state index contributed by atoms with van der Waals surface area (Å²) in [4.78, 5) is 24.2. The molecule has 3 aromatic rings. The number of amides is 2. The van der Waals surface area contributed by atoms with Gasteiger partial charge in [0.05, 0.1) is 24.7 Å². The van der Waals surface area contributed by atoms with Gasteiger partial charge >= 0.3 is 0 Å². The minimum Gasteiger partial charge on any atom is -0.486 e. The Morgan fingerprint density at radius 3 is 2.73 bits per heavy atom. The van der Waals surface area contributed by atoms with Crippen LogP contribution in [0.15, 0.2) is 59.8 Å². The van der Waals surface area contributed by atoms with Crippen LogP contribution in [0.25, 0.3) is 11.3 Å². The number of nitrogens with one attached hydrogen (secondary N) is 3. The molecule has 0 radical (unpaired) electrons. The monoisotopic (exact) mass is 405 g/mol. The van der Waals surface area contributed by atoms with E-state index in [1.807, 2.05) is 30.3 Å². The summed E-state index contributed by atoms with van der Waals surface area (Å²) >= 11 is 0. The second-order valence-electron chi connectivity index (χ2n) is 6.40. The Kier molecular flexibility index (Phi) is 5.70. The first-order valence-electron chi connectivity index (χ1n) is 9.29. The van der Waals surface area contributed by atoms with Crippen molar-refractivity contribution in [1.82, 2.24) is 20.9 Å². The standard InChI is InChI=1S/C21H19N5O4/c27-19(13-22-21(28)15-6-7-17-18(10-15)30-9-8-29-17)25-23-11-16-12-24-26-20(16)14-4-2-1-3-5-14/h1-7,10-12H,8-9,13H2,(H,22,28)(H,24,26)(H,25,27). The van der Waals surface area contributed by atoms with Gasteiger partial charge in [-0.05, 0) is 18.2 Å². The fraction of sp³-hybridized carbons (Fsp3) is 0.143. The first-order valence-corrected chi connectivity index (χ1v) is 9.29. The molecule has 0 fully saturated rings. The lowest BCUT2D eigenvalue weighted by Gasteiger charge is -2.18. The van der Waals surface area contributed by atoms with Gasteiger partial charge in [0.15, 0.2) is 11.5 Å². The lowest BCUT2D eigenvalue weighted by atomic mass is 10.1. The quantitative estimate of drug-likeness (QED) is 0.426. The molecule has 152 valence electrons. The van der Waals surface area contributed by atoms with Crippen LogP contribution >= 0.6 is 0 Å². The second-order valence-corrected chi connectivity index (χ2v) is 6.40. The molecule has 0 saturated carbocycles. The number of nitrogens with zero attached hydrogens (tertiary/aromatic N) is 2. The molecule has 0 saturated heterocycles. The topological polar surface area (TPSA) is 118 Å². The van der Waals surface area contributed by atoms with E-state index in [0.717, 1.165) is 16.8 Å². The molecule has 2 amide bonds. The van der Waals surface area contributed by atoms with Gasteiger partial charge < -0.3 is 14.8 Å². The number of rotatable bonds is 6. The van der Waals surface area contributed by atoms with Crippen LogP contribution in [0.3, 0.4) is 0 Å². The highest BCUT2D eigenvalue weighted by Crippen LogP contribution is 2.30. The van der Waals surface area contributed by atoms with Crippen LogP contribution in [0.2, 0.25) is 0 Å². The highest BCUT2D eigenvalue weighted by Gasteiger charge is 2.15. The summed E-state index contributed by atoms with van der Waals surface area (Å²) in [6.07, 6.45) is 3.11. The number of benzene rings is 2. The molecule has 0 bridgehead atoms. The van der Waals surface area contributed by atoms with Gasteiger partial charge in [0.25, 0.3) is 11.8 Å². The maximum absolute atomic E-state index is 12.3. The fourth-order valence-electron chi connectivity index (χ4n) is 2.89. The molecule has 9 heteroatoms. The van der Waals surface area contributed by atoms with Crippen molar-refractivity contribution >= 4 is 18.0 Å². The van der Waals surface area contributed by atoms with Gasteiger partial charge in [0.2, 0.25) is 0 Å². The maximum atomic E-state index is 12.3. The van der Waals surface area contributed by atoms with Crippen LogP contribution < -0.4 is 20.2 Å². The summed E-state index contributed by atoms with van der Waals surface area (Å²) < 4.78 is 10.9. The van der Waals surface area contributed by atoms with Gasteiger partial charge in [-0.15, -0.1) is 0 Å². The number of carbonyl (C=O) groups excluding carboxylic acids is 2. The van der Waals surface area contributed by atoms with Gasteiger partial charge in [0, 0.05) is 16.7 Å². The van der Waals surface area contributed by atoms with E-state index in [9.17, 15) is 9.59 Å². The summed E-state index contributed by atoms with van der Waals surface area (Å²) in [5.41, 5.74) is 5.23. The number of hydrazone groups is 1. The molecule has 1 aromatic heterocycles. The molecule has 2 heterocycles. The number of hydrogen-bond donors (Lipinski definition) is 3.